The number of hydrogen-bond acceptors (Lipinski definition) is 5. The van der Waals surface area contributed by atoms with Gasteiger partial charge in [0, 0.05) is 89.2 Å². The predicted molar refractivity (Wildman–Crippen MR) is 310 cm³/mol. The Morgan fingerprint density at radius 2 is 1.16 bits per heavy atom. The molecule has 0 unspecified atom stereocenters. The first-order valence-electron chi connectivity index (χ1n) is 25.8. The summed E-state index contributed by atoms with van der Waals surface area (Å²) < 4.78 is 11.6. The second-order valence-corrected chi connectivity index (χ2v) is 20.7. The first kappa shape index (κ1) is 46.5. The first-order chi connectivity index (χ1) is 37.4. The topological polar surface area (TPSA) is 51.4 Å². The van der Waals surface area contributed by atoms with Crippen molar-refractivity contribution >= 4 is 66.5 Å². The van der Waals surface area contributed by atoms with Gasteiger partial charge in [0.25, 0.3) is 0 Å². The molecule has 6 heterocycles. The molecule has 13 aromatic rings. The molecule has 0 saturated heterocycles. The van der Waals surface area contributed by atoms with E-state index in [4.69, 9.17) is 14.7 Å². The van der Waals surface area contributed by atoms with Crippen LogP contribution in [0, 0.1) is 18.8 Å². The molecule has 0 amide bonds. The van der Waals surface area contributed by atoms with Crippen LogP contribution in [-0.4, -0.2) is 19.1 Å². The van der Waals surface area contributed by atoms with E-state index in [1.807, 2.05) is 36.7 Å². The van der Waals surface area contributed by atoms with Gasteiger partial charge in [-0.1, -0.05) is 166 Å². The Hall–Kier alpha value is -9.03. The molecule has 0 saturated carbocycles. The van der Waals surface area contributed by atoms with E-state index in [9.17, 15) is 0 Å². The number of para-hydroxylation sites is 3. The van der Waals surface area contributed by atoms with E-state index in [0.29, 0.717) is 11.5 Å². The number of ether oxygens (including phenoxy) is 1. The maximum atomic E-state index is 6.89. The molecule has 0 N–H and O–H groups in total. The van der Waals surface area contributed by atoms with Crippen molar-refractivity contribution in [3.63, 3.8) is 0 Å². The van der Waals surface area contributed by atoms with Crippen LogP contribution in [0.4, 0.5) is 22.9 Å². The van der Waals surface area contributed by atoms with Crippen LogP contribution in [0.25, 0.3) is 99.6 Å². The summed E-state index contributed by atoms with van der Waals surface area (Å²) >= 11 is 0. The van der Waals surface area contributed by atoms with Crippen molar-refractivity contribution in [2.45, 2.75) is 26.2 Å². The second kappa shape index (κ2) is 18.1. The van der Waals surface area contributed by atoms with Crippen LogP contribution in [0.2, 0.25) is 0 Å². The molecule has 0 fully saturated rings. The van der Waals surface area contributed by atoms with Gasteiger partial charge in [-0.25, -0.2) is 9.97 Å². The van der Waals surface area contributed by atoms with Gasteiger partial charge in [-0.2, -0.15) is 12.1 Å². The molecule has 372 valence electrons. The zero-order valence-corrected chi connectivity index (χ0v) is 44.6. The molecule has 15 rings (SSSR count). The molecule has 77 heavy (non-hydrogen) atoms. The fraction of sp³-hybridized carbons (Fsp3) is 0.0580. The maximum absolute atomic E-state index is 6.89. The third-order valence-corrected chi connectivity index (χ3v) is 15.2. The Labute approximate surface area is 461 Å². The molecule has 0 bridgehead atoms. The third-order valence-electron chi connectivity index (χ3n) is 15.2. The standard InChI is InChI=1S/C69H47N6O.Pt/c1-69(2,3)46-37-39-70-63(40-46)74-59-35-36-60-64(54-26-11-10-24-52(54)55-29-16-30-56-53-25-12-13-31-58(53)75(60)67(55)56)65(59)57-34-33-49(42-62(57)74)76-48-23-14-22-47(41-48)72-43-73(68-61(72)32-17-38-71-68)66-50(44-18-6-4-7-19-44)27-15-28-51(66)45-20-8-5-9-21-45;/h4-40,43H,1-3H3;/q-3;. The average molecular weight is 1170 g/mol. The summed E-state index contributed by atoms with van der Waals surface area (Å²) in [5, 5.41) is 4.65. The van der Waals surface area contributed by atoms with Crippen molar-refractivity contribution in [1.29, 1.82) is 0 Å². The van der Waals surface area contributed by atoms with Crippen LogP contribution in [0.15, 0.2) is 225 Å². The van der Waals surface area contributed by atoms with Crippen molar-refractivity contribution in [1.82, 2.24) is 19.1 Å². The quantitative estimate of drug-likeness (QED) is 0.149. The zero-order valence-electron chi connectivity index (χ0n) is 42.3. The molecule has 2 aliphatic heterocycles. The number of aromatic nitrogens is 4. The summed E-state index contributed by atoms with van der Waals surface area (Å²) in [6.07, 6.45) is 3.79. The average Bonchev–Trinajstić information content (AvgIpc) is 4.29. The Balaban J connectivity index is 0.00000540. The Morgan fingerprint density at radius 3 is 1.95 bits per heavy atom. The van der Waals surface area contributed by atoms with E-state index >= 15 is 0 Å². The third kappa shape index (κ3) is 7.36. The van der Waals surface area contributed by atoms with Crippen molar-refractivity contribution < 1.29 is 25.8 Å². The second-order valence-electron chi connectivity index (χ2n) is 20.7. The van der Waals surface area contributed by atoms with E-state index in [0.717, 1.165) is 78.4 Å². The molecule has 2 aliphatic rings. The summed E-state index contributed by atoms with van der Waals surface area (Å²) in [5.74, 6) is 2.75. The predicted octanol–water partition coefficient (Wildman–Crippen LogP) is 17.7. The van der Waals surface area contributed by atoms with Crippen LogP contribution in [0.3, 0.4) is 0 Å². The number of rotatable bonds is 7. The van der Waals surface area contributed by atoms with E-state index < -0.39 is 0 Å². The van der Waals surface area contributed by atoms with Crippen molar-refractivity contribution in [3.8, 4) is 67.5 Å². The number of nitrogens with zero attached hydrogens (tertiary/aromatic N) is 6. The Morgan fingerprint density at radius 1 is 0.481 bits per heavy atom. The normalized spacial score (nSPS) is 12.7. The first-order valence-corrected chi connectivity index (χ1v) is 25.8. The molecule has 0 atom stereocenters. The van der Waals surface area contributed by atoms with Gasteiger partial charge in [-0.15, -0.1) is 48.1 Å². The molecule has 9 aromatic carbocycles. The number of anilines is 4. The molecular weight excluding hydrogens is 1120 g/mol. The largest absolute Gasteiger partial charge is 0.509 e. The van der Waals surface area contributed by atoms with Gasteiger partial charge in [0.2, 0.25) is 0 Å². The van der Waals surface area contributed by atoms with Gasteiger partial charge in [0.15, 0.2) is 0 Å². The smallest absolute Gasteiger partial charge is 0.135 e. The summed E-state index contributed by atoms with van der Waals surface area (Å²) in [4.78, 5) is 14.5. The Bertz CT molecular complexity index is 4420. The number of fused-ring (bicyclic) bond motifs is 13. The summed E-state index contributed by atoms with van der Waals surface area (Å²) in [6.45, 7) is 8.86. The SMILES string of the molecule is CC(C)(C)c1ccnc(-n2c3[c-]c(Oc4[c-]c(N5[CH-]N(c6c(-c7ccccc7)cccc6-c6ccccc6)c6ncccc65)ccc4)ccc3c3c4c(ccc32)-n2c3ccccc3c3cccc(c32)-c2ccccc2-4)c1.[Pt]. The summed E-state index contributed by atoms with van der Waals surface area (Å²) in [6, 6.07) is 82.8. The van der Waals surface area contributed by atoms with Gasteiger partial charge in [0.1, 0.15) is 11.6 Å². The van der Waals surface area contributed by atoms with Crippen LogP contribution < -0.4 is 14.5 Å². The van der Waals surface area contributed by atoms with Crippen LogP contribution in [0.1, 0.15) is 26.3 Å². The van der Waals surface area contributed by atoms with E-state index in [1.165, 1.54) is 49.6 Å². The summed E-state index contributed by atoms with van der Waals surface area (Å²) in [7, 11) is 0. The number of benzene rings is 9. The minimum absolute atomic E-state index is 0. The van der Waals surface area contributed by atoms with Gasteiger partial charge < -0.3 is 23.7 Å². The van der Waals surface area contributed by atoms with Gasteiger partial charge >= 0.3 is 0 Å². The van der Waals surface area contributed by atoms with E-state index in [-0.39, 0.29) is 26.5 Å². The van der Waals surface area contributed by atoms with Crippen molar-refractivity contribution in [3.05, 3.63) is 249 Å². The van der Waals surface area contributed by atoms with Gasteiger partial charge in [-0.3, -0.25) is 0 Å². The fourth-order valence-corrected chi connectivity index (χ4v) is 11.8. The molecule has 0 radical (unpaired) electrons. The molecule has 7 nitrogen and oxygen atoms in total. The van der Waals surface area contributed by atoms with Gasteiger partial charge in [-0.05, 0) is 81.1 Å². The molecule has 4 aromatic heterocycles. The number of pyridine rings is 2. The fourth-order valence-electron chi connectivity index (χ4n) is 11.8. The minimum atomic E-state index is -0.103. The van der Waals surface area contributed by atoms with Crippen molar-refractivity contribution in [2.75, 3.05) is 9.80 Å². The van der Waals surface area contributed by atoms with E-state index in [1.54, 1.807) is 0 Å². The molecular formula is C69H47N6OPt-3. The van der Waals surface area contributed by atoms with Crippen LogP contribution >= 0.6 is 0 Å². The molecule has 0 aliphatic carbocycles. The summed E-state index contributed by atoms with van der Waals surface area (Å²) in [5.41, 5.74) is 18.5. The van der Waals surface area contributed by atoms with E-state index in [2.05, 4.69) is 247 Å². The number of hydrogen-bond donors (Lipinski definition) is 0. The van der Waals surface area contributed by atoms with Crippen LogP contribution in [0.5, 0.6) is 11.5 Å². The zero-order chi connectivity index (χ0) is 50.6. The van der Waals surface area contributed by atoms with Gasteiger partial charge in [0.05, 0.1) is 22.4 Å². The molecule has 0 spiro atoms. The monoisotopic (exact) mass is 1170 g/mol. The van der Waals surface area contributed by atoms with Crippen molar-refractivity contribution in [2.24, 2.45) is 0 Å². The maximum Gasteiger partial charge on any atom is 0.135 e. The molecule has 8 heteroatoms. The van der Waals surface area contributed by atoms with Crippen LogP contribution in [-0.2, 0) is 26.5 Å². The minimum Gasteiger partial charge on any atom is -0.509 e. The Kier molecular flexibility index (Phi) is 10.9.